The molecule has 1 unspecified atom stereocenters. The van der Waals surface area contributed by atoms with Crippen molar-refractivity contribution >= 4 is 16.1 Å². The molecule has 0 N–H and O–H groups in total. The molecule has 3 heterocycles. The smallest absolute Gasteiger partial charge is 0.410 e. The third-order valence-corrected chi connectivity index (χ3v) is 7.65. The van der Waals surface area contributed by atoms with Crippen LogP contribution in [-0.4, -0.2) is 99.0 Å². The van der Waals surface area contributed by atoms with E-state index in [2.05, 4.69) is 4.90 Å². The van der Waals surface area contributed by atoms with E-state index < -0.39 is 15.6 Å². The van der Waals surface area contributed by atoms with Gasteiger partial charge >= 0.3 is 6.09 Å². The summed E-state index contributed by atoms with van der Waals surface area (Å²) in [6.45, 7) is 11.5. The number of sulfonamides is 1. The lowest BCUT2D eigenvalue weighted by atomic mass is 9.81. The Kier molecular flexibility index (Phi) is 6.89. The maximum absolute atomic E-state index is 12.5. The maximum atomic E-state index is 12.5. The molecule has 0 aromatic rings. The molecule has 1 amide bonds. The number of hydrogen-bond donors (Lipinski definition) is 0. The number of carbonyl (C=O) groups excluding carboxylic acids is 1. The molecule has 0 saturated carbocycles. The van der Waals surface area contributed by atoms with Crippen molar-refractivity contribution in [3.05, 3.63) is 0 Å². The molecule has 0 aliphatic carbocycles. The normalized spacial score (nSPS) is 26.1. The van der Waals surface area contributed by atoms with Gasteiger partial charge in [-0.05, 0) is 52.0 Å². The van der Waals surface area contributed by atoms with Crippen molar-refractivity contribution in [1.82, 2.24) is 14.1 Å². The standard InChI is InChI=1S/C19H35N3O5S/c1-19(2,3)27-18(23)21-14-17(15-21)16-5-4-6-20(13-16)9-12-28(24,25)22-7-10-26-11-8-22/h16-17H,4-15H2,1-3H3. The van der Waals surface area contributed by atoms with Crippen LogP contribution in [0.15, 0.2) is 0 Å². The van der Waals surface area contributed by atoms with E-state index >= 15 is 0 Å². The molecule has 3 aliphatic rings. The highest BCUT2D eigenvalue weighted by Crippen LogP contribution is 2.31. The summed E-state index contributed by atoms with van der Waals surface area (Å²) in [7, 11) is -3.21. The first-order valence-corrected chi connectivity index (χ1v) is 12.0. The van der Waals surface area contributed by atoms with Gasteiger partial charge < -0.3 is 19.3 Å². The van der Waals surface area contributed by atoms with Crippen LogP contribution in [0, 0.1) is 11.8 Å². The number of piperidine rings is 1. The van der Waals surface area contributed by atoms with Crippen molar-refractivity contribution in [3.63, 3.8) is 0 Å². The van der Waals surface area contributed by atoms with Crippen molar-refractivity contribution < 1.29 is 22.7 Å². The summed E-state index contributed by atoms with van der Waals surface area (Å²) in [6, 6.07) is 0. The predicted octanol–water partition coefficient (Wildman–Crippen LogP) is 1.23. The van der Waals surface area contributed by atoms with Gasteiger partial charge in [-0.25, -0.2) is 13.2 Å². The molecule has 3 aliphatic heterocycles. The molecule has 0 radical (unpaired) electrons. The number of carbonyl (C=O) groups is 1. The van der Waals surface area contributed by atoms with E-state index in [1.165, 1.54) is 0 Å². The zero-order valence-corrected chi connectivity index (χ0v) is 18.2. The molecular formula is C19H35N3O5S. The van der Waals surface area contributed by atoms with Crippen molar-refractivity contribution in [2.75, 3.05) is 64.8 Å². The van der Waals surface area contributed by atoms with E-state index in [0.717, 1.165) is 39.0 Å². The van der Waals surface area contributed by atoms with Crippen molar-refractivity contribution in [2.45, 2.75) is 39.2 Å². The van der Waals surface area contributed by atoms with Crippen LogP contribution in [-0.2, 0) is 19.5 Å². The average Bonchev–Trinajstić information content (AvgIpc) is 2.58. The number of rotatable bonds is 5. The van der Waals surface area contributed by atoms with Gasteiger partial charge in [0.2, 0.25) is 10.0 Å². The van der Waals surface area contributed by atoms with Gasteiger partial charge in [-0.3, -0.25) is 0 Å². The fourth-order valence-corrected chi connectivity index (χ4v) is 5.62. The first kappa shape index (κ1) is 21.8. The molecule has 28 heavy (non-hydrogen) atoms. The molecule has 0 spiro atoms. The molecule has 3 rings (SSSR count). The molecule has 8 nitrogen and oxygen atoms in total. The van der Waals surface area contributed by atoms with Gasteiger partial charge in [0.15, 0.2) is 0 Å². The van der Waals surface area contributed by atoms with Gasteiger partial charge in [0.05, 0.1) is 19.0 Å². The molecule has 3 saturated heterocycles. The largest absolute Gasteiger partial charge is 0.444 e. The summed E-state index contributed by atoms with van der Waals surface area (Å²) in [5.74, 6) is 1.19. The highest BCUT2D eigenvalue weighted by molar-refractivity contribution is 7.89. The first-order valence-electron chi connectivity index (χ1n) is 10.4. The summed E-state index contributed by atoms with van der Waals surface area (Å²) in [4.78, 5) is 16.2. The molecule has 1 atom stereocenters. The monoisotopic (exact) mass is 417 g/mol. The van der Waals surface area contributed by atoms with E-state index in [1.54, 1.807) is 9.21 Å². The van der Waals surface area contributed by atoms with E-state index in [-0.39, 0.29) is 11.8 Å². The minimum atomic E-state index is -3.21. The number of morpholine rings is 1. The Bertz CT molecular complexity index is 636. The van der Waals surface area contributed by atoms with Crippen LogP contribution < -0.4 is 0 Å². The van der Waals surface area contributed by atoms with E-state index in [0.29, 0.717) is 44.7 Å². The third kappa shape index (κ3) is 5.81. The summed E-state index contributed by atoms with van der Waals surface area (Å²) < 4.78 is 37.3. The van der Waals surface area contributed by atoms with Gasteiger partial charge in [-0.1, -0.05) is 0 Å². The molecule has 0 bridgehead atoms. The Morgan fingerprint density at radius 1 is 1.07 bits per heavy atom. The lowest BCUT2D eigenvalue weighted by Crippen LogP contribution is -2.56. The number of nitrogens with zero attached hydrogens (tertiary/aromatic N) is 3. The van der Waals surface area contributed by atoms with Crippen LogP contribution in [0.3, 0.4) is 0 Å². The number of amides is 1. The van der Waals surface area contributed by atoms with Gasteiger partial charge in [0.25, 0.3) is 0 Å². The second-order valence-corrected chi connectivity index (χ2v) is 11.3. The average molecular weight is 418 g/mol. The van der Waals surface area contributed by atoms with Crippen LogP contribution in [0.4, 0.5) is 4.79 Å². The topological polar surface area (TPSA) is 79.4 Å². The maximum Gasteiger partial charge on any atom is 0.410 e. The van der Waals surface area contributed by atoms with Gasteiger partial charge in [-0.2, -0.15) is 4.31 Å². The molecule has 0 aromatic carbocycles. The highest BCUT2D eigenvalue weighted by atomic mass is 32.2. The third-order valence-electron chi connectivity index (χ3n) is 5.80. The molecule has 9 heteroatoms. The fourth-order valence-electron chi connectivity index (χ4n) is 4.16. The Labute approximate surface area is 169 Å². The summed E-state index contributed by atoms with van der Waals surface area (Å²) in [5, 5.41) is 0. The molecule has 3 fully saturated rings. The quantitative estimate of drug-likeness (QED) is 0.669. The van der Waals surface area contributed by atoms with E-state index in [9.17, 15) is 13.2 Å². The minimum absolute atomic E-state index is 0.175. The van der Waals surface area contributed by atoms with E-state index in [1.807, 2.05) is 20.8 Å². The lowest BCUT2D eigenvalue weighted by Gasteiger charge is -2.46. The van der Waals surface area contributed by atoms with Crippen LogP contribution in [0.1, 0.15) is 33.6 Å². The van der Waals surface area contributed by atoms with Crippen molar-refractivity contribution in [2.24, 2.45) is 11.8 Å². The Balaban J connectivity index is 1.42. The summed E-state index contributed by atoms with van der Waals surface area (Å²) >= 11 is 0. The van der Waals surface area contributed by atoms with Crippen LogP contribution >= 0.6 is 0 Å². The van der Waals surface area contributed by atoms with Gasteiger partial charge in [0.1, 0.15) is 5.60 Å². The number of likely N-dealkylation sites (tertiary alicyclic amines) is 2. The highest BCUT2D eigenvalue weighted by Gasteiger charge is 2.39. The Morgan fingerprint density at radius 2 is 1.75 bits per heavy atom. The fraction of sp³-hybridized carbons (Fsp3) is 0.947. The first-order chi connectivity index (χ1) is 13.1. The van der Waals surface area contributed by atoms with Crippen LogP contribution in [0.5, 0.6) is 0 Å². The van der Waals surface area contributed by atoms with Gasteiger partial charge in [-0.15, -0.1) is 0 Å². The minimum Gasteiger partial charge on any atom is -0.444 e. The van der Waals surface area contributed by atoms with Crippen LogP contribution in [0.2, 0.25) is 0 Å². The summed E-state index contributed by atoms with van der Waals surface area (Å²) in [6.07, 6.45) is 2.01. The zero-order valence-electron chi connectivity index (χ0n) is 17.4. The molecule has 162 valence electrons. The van der Waals surface area contributed by atoms with E-state index in [4.69, 9.17) is 9.47 Å². The second-order valence-electron chi connectivity index (χ2n) is 9.18. The Morgan fingerprint density at radius 3 is 2.39 bits per heavy atom. The molecule has 0 aromatic heterocycles. The van der Waals surface area contributed by atoms with Gasteiger partial charge in [0, 0.05) is 39.3 Å². The Hall–Kier alpha value is -0.900. The predicted molar refractivity (Wildman–Crippen MR) is 107 cm³/mol. The number of ether oxygens (including phenoxy) is 2. The van der Waals surface area contributed by atoms with Crippen molar-refractivity contribution in [1.29, 1.82) is 0 Å². The summed E-state index contributed by atoms with van der Waals surface area (Å²) in [5.41, 5.74) is -0.463. The molecular weight excluding hydrogens is 382 g/mol. The zero-order chi connectivity index (χ0) is 20.4. The second kappa shape index (κ2) is 8.85. The van der Waals surface area contributed by atoms with Crippen molar-refractivity contribution in [3.8, 4) is 0 Å². The van der Waals surface area contributed by atoms with Crippen LogP contribution in [0.25, 0.3) is 0 Å². The lowest BCUT2D eigenvalue weighted by molar-refractivity contribution is -0.0192. The number of hydrogen-bond acceptors (Lipinski definition) is 6. The SMILES string of the molecule is CC(C)(C)OC(=O)N1CC(C2CCCN(CCS(=O)(=O)N3CCOCC3)C2)C1.